The second-order valence-corrected chi connectivity index (χ2v) is 4.26. The van der Waals surface area contributed by atoms with E-state index < -0.39 is 4.92 Å². The molecule has 9 heteroatoms. The molecular formula is C12H12N6O3. The molecule has 2 aromatic rings. The fourth-order valence-electron chi connectivity index (χ4n) is 1.64. The fourth-order valence-corrected chi connectivity index (χ4v) is 1.64. The number of nitro benzene ring substituents is 1. The van der Waals surface area contributed by atoms with Crippen molar-refractivity contribution in [3.05, 3.63) is 39.7 Å². The average Bonchev–Trinajstić information content (AvgIpc) is 2.38. The van der Waals surface area contributed by atoms with Gasteiger partial charge in [0, 0.05) is 12.1 Å². The lowest BCUT2D eigenvalue weighted by molar-refractivity contribution is -0.384. The molecule has 0 aliphatic rings. The van der Waals surface area contributed by atoms with Gasteiger partial charge in [-0.15, -0.1) is 10.2 Å². The van der Waals surface area contributed by atoms with Gasteiger partial charge in [0.15, 0.2) is 11.5 Å². The van der Waals surface area contributed by atoms with Crippen LogP contribution in [0.5, 0.6) is 5.88 Å². The van der Waals surface area contributed by atoms with Crippen molar-refractivity contribution in [2.45, 2.75) is 13.8 Å². The molecule has 0 amide bonds. The van der Waals surface area contributed by atoms with Crippen LogP contribution in [0.3, 0.4) is 0 Å². The quantitative estimate of drug-likeness (QED) is 0.505. The number of azo groups is 1. The first-order chi connectivity index (χ1) is 9.88. The van der Waals surface area contributed by atoms with E-state index in [2.05, 4.69) is 20.2 Å². The summed E-state index contributed by atoms with van der Waals surface area (Å²) >= 11 is 0. The smallest absolute Gasteiger partial charge is 0.269 e. The molecule has 0 spiro atoms. The first-order valence-electron chi connectivity index (χ1n) is 5.88. The molecule has 0 fully saturated rings. The van der Waals surface area contributed by atoms with Gasteiger partial charge in [0.05, 0.1) is 10.6 Å². The Morgan fingerprint density at radius 1 is 1.29 bits per heavy atom. The highest BCUT2D eigenvalue weighted by Gasteiger charge is 2.11. The van der Waals surface area contributed by atoms with Crippen molar-refractivity contribution in [1.82, 2.24) is 9.97 Å². The van der Waals surface area contributed by atoms with Crippen molar-refractivity contribution < 1.29 is 10.0 Å². The molecule has 0 radical (unpaired) electrons. The maximum atomic E-state index is 10.7. The van der Waals surface area contributed by atoms with E-state index in [4.69, 9.17) is 5.73 Å². The molecule has 108 valence electrons. The van der Waals surface area contributed by atoms with Gasteiger partial charge in [0.1, 0.15) is 5.82 Å². The molecule has 0 aliphatic heterocycles. The van der Waals surface area contributed by atoms with Crippen LogP contribution in [0.25, 0.3) is 0 Å². The maximum absolute atomic E-state index is 10.7. The minimum absolute atomic E-state index is 0.00307. The highest BCUT2D eigenvalue weighted by atomic mass is 16.6. The number of hydrogen-bond donors (Lipinski definition) is 2. The van der Waals surface area contributed by atoms with Crippen LogP contribution >= 0.6 is 0 Å². The van der Waals surface area contributed by atoms with Gasteiger partial charge in [-0.1, -0.05) is 0 Å². The molecule has 21 heavy (non-hydrogen) atoms. The summed E-state index contributed by atoms with van der Waals surface area (Å²) in [6.45, 7) is 3.24. The zero-order valence-electron chi connectivity index (χ0n) is 11.3. The number of benzene rings is 1. The van der Waals surface area contributed by atoms with Crippen molar-refractivity contribution in [1.29, 1.82) is 0 Å². The summed E-state index contributed by atoms with van der Waals surface area (Å²) in [5.74, 6) is -0.0536. The zero-order chi connectivity index (χ0) is 15.6. The van der Waals surface area contributed by atoms with Gasteiger partial charge in [-0.25, -0.2) is 4.98 Å². The van der Waals surface area contributed by atoms with Gasteiger partial charge in [0.2, 0.25) is 5.88 Å². The Balaban J connectivity index is 2.36. The molecule has 1 aromatic heterocycles. The van der Waals surface area contributed by atoms with Gasteiger partial charge < -0.3 is 10.8 Å². The summed E-state index contributed by atoms with van der Waals surface area (Å²) < 4.78 is 0. The van der Waals surface area contributed by atoms with E-state index in [1.165, 1.54) is 18.2 Å². The number of aromatic hydroxyl groups is 1. The third-order valence-electron chi connectivity index (χ3n) is 2.65. The van der Waals surface area contributed by atoms with Gasteiger partial charge in [0.25, 0.3) is 5.69 Å². The van der Waals surface area contributed by atoms with Crippen molar-refractivity contribution in [3.63, 3.8) is 0 Å². The first kappa shape index (κ1) is 14.3. The lowest BCUT2D eigenvalue weighted by Crippen LogP contribution is -1.95. The van der Waals surface area contributed by atoms with Crippen LogP contribution in [-0.4, -0.2) is 20.0 Å². The van der Waals surface area contributed by atoms with Crippen LogP contribution < -0.4 is 5.73 Å². The monoisotopic (exact) mass is 288 g/mol. The van der Waals surface area contributed by atoms with Crippen LogP contribution in [0.15, 0.2) is 28.4 Å². The molecule has 1 aromatic carbocycles. The molecule has 0 saturated heterocycles. The minimum atomic E-state index is -0.494. The van der Waals surface area contributed by atoms with Crippen LogP contribution in [0.2, 0.25) is 0 Å². The van der Waals surface area contributed by atoms with Gasteiger partial charge >= 0.3 is 0 Å². The zero-order valence-corrected chi connectivity index (χ0v) is 11.3. The second kappa shape index (κ2) is 5.49. The van der Waals surface area contributed by atoms with E-state index in [1.54, 1.807) is 13.8 Å². The summed E-state index contributed by atoms with van der Waals surface area (Å²) in [7, 11) is 0. The molecule has 0 aliphatic carbocycles. The van der Waals surface area contributed by atoms with E-state index in [9.17, 15) is 15.2 Å². The Labute approximate surface area is 119 Å². The number of nitro groups is 1. The lowest BCUT2D eigenvalue weighted by Gasteiger charge is -2.02. The van der Waals surface area contributed by atoms with E-state index in [0.29, 0.717) is 17.1 Å². The summed E-state index contributed by atoms with van der Waals surface area (Å²) in [6, 6.07) is 4.15. The van der Waals surface area contributed by atoms with Crippen molar-refractivity contribution >= 4 is 22.9 Å². The van der Waals surface area contributed by atoms with Gasteiger partial charge in [-0.3, -0.25) is 10.1 Å². The third kappa shape index (κ3) is 3.08. The number of hydrogen-bond acceptors (Lipinski definition) is 8. The molecule has 9 nitrogen and oxygen atoms in total. The van der Waals surface area contributed by atoms with Crippen LogP contribution in [0, 0.1) is 24.0 Å². The van der Waals surface area contributed by atoms with Gasteiger partial charge in [-0.2, -0.15) is 4.98 Å². The van der Waals surface area contributed by atoms with E-state index >= 15 is 0 Å². The lowest BCUT2D eigenvalue weighted by atomic mass is 10.2. The fraction of sp³-hybridized carbons (Fsp3) is 0.167. The van der Waals surface area contributed by atoms with Crippen molar-refractivity contribution in [2.24, 2.45) is 10.2 Å². The highest BCUT2D eigenvalue weighted by molar-refractivity contribution is 5.63. The Morgan fingerprint density at radius 2 is 2.00 bits per heavy atom. The molecule has 0 atom stereocenters. The Hall–Kier alpha value is -3.10. The number of nitrogen functional groups attached to an aromatic ring is 1. The Kier molecular flexibility index (Phi) is 3.74. The van der Waals surface area contributed by atoms with E-state index in [-0.39, 0.29) is 23.1 Å². The molecular weight excluding hydrogens is 276 g/mol. The standard InChI is InChI=1S/C12H12N6O3/c1-6-5-8(18(20)21)3-4-9(6)16-17-10-11(13)14-7(2)15-12(10)19/h3-5H,1-2H3,(H3,13,14,15,19)/b17-16+. The number of aromatic nitrogens is 2. The van der Waals surface area contributed by atoms with Crippen LogP contribution in [-0.2, 0) is 0 Å². The van der Waals surface area contributed by atoms with Gasteiger partial charge in [-0.05, 0) is 25.5 Å². The molecule has 1 heterocycles. The highest BCUT2D eigenvalue weighted by Crippen LogP contribution is 2.32. The summed E-state index contributed by atoms with van der Waals surface area (Å²) in [6.07, 6.45) is 0. The first-order valence-corrected chi connectivity index (χ1v) is 5.88. The predicted molar refractivity (Wildman–Crippen MR) is 74.9 cm³/mol. The van der Waals surface area contributed by atoms with Crippen molar-refractivity contribution in [3.8, 4) is 5.88 Å². The van der Waals surface area contributed by atoms with Crippen LogP contribution in [0.1, 0.15) is 11.4 Å². The van der Waals surface area contributed by atoms with E-state index in [0.717, 1.165) is 0 Å². The number of rotatable bonds is 3. The number of non-ortho nitro benzene ring substituents is 1. The number of anilines is 1. The normalized spacial score (nSPS) is 11.0. The Morgan fingerprint density at radius 3 is 2.57 bits per heavy atom. The number of nitrogens with zero attached hydrogens (tertiary/aromatic N) is 5. The largest absolute Gasteiger partial charge is 0.492 e. The molecule has 3 N–H and O–H groups in total. The van der Waals surface area contributed by atoms with Crippen LogP contribution in [0.4, 0.5) is 22.9 Å². The Bertz CT molecular complexity index is 721. The number of nitrogens with two attached hydrogens (primary N) is 1. The SMILES string of the molecule is Cc1nc(N)c(/N=N/c2ccc([N+](=O)[O-])cc2C)c(O)n1. The second-order valence-electron chi connectivity index (χ2n) is 4.26. The molecule has 0 saturated carbocycles. The van der Waals surface area contributed by atoms with Crippen molar-refractivity contribution in [2.75, 3.05) is 5.73 Å². The number of aryl methyl sites for hydroxylation is 2. The van der Waals surface area contributed by atoms with E-state index in [1.807, 2.05) is 0 Å². The average molecular weight is 288 g/mol. The third-order valence-corrected chi connectivity index (χ3v) is 2.65. The maximum Gasteiger partial charge on any atom is 0.269 e. The molecule has 0 bridgehead atoms. The summed E-state index contributed by atoms with van der Waals surface area (Å²) in [4.78, 5) is 17.8. The predicted octanol–water partition coefficient (Wildman–Crippen LogP) is 2.70. The molecule has 0 unspecified atom stereocenters. The molecule has 2 rings (SSSR count). The summed E-state index contributed by atoms with van der Waals surface area (Å²) in [5, 5.41) is 28.0. The minimum Gasteiger partial charge on any atom is -0.492 e. The topological polar surface area (TPSA) is 140 Å². The summed E-state index contributed by atoms with van der Waals surface area (Å²) in [5.41, 5.74) is 6.54.